The summed E-state index contributed by atoms with van der Waals surface area (Å²) in [5.41, 5.74) is 6.91. The molecule has 2 aliphatic heterocycles. The lowest BCUT2D eigenvalue weighted by atomic mass is 9.97. The maximum atomic E-state index is 11.3. The third-order valence-corrected chi connectivity index (χ3v) is 5.38. The van der Waals surface area contributed by atoms with Gasteiger partial charge in [0.05, 0.1) is 5.92 Å². The lowest BCUT2D eigenvalue weighted by molar-refractivity contribution is -0.123. The predicted molar refractivity (Wildman–Crippen MR) is 78.1 cm³/mol. The average Bonchev–Trinajstić information content (AvgIpc) is 2.81. The first-order valence-corrected chi connectivity index (χ1v) is 7.86. The van der Waals surface area contributed by atoms with Crippen LogP contribution in [0.25, 0.3) is 0 Å². The first-order chi connectivity index (χ1) is 9.22. The maximum absolute atomic E-state index is 11.3. The van der Waals surface area contributed by atoms with Gasteiger partial charge in [0.15, 0.2) is 0 Å². The van der Waals surface area contributed by atoms with Gasteiger partial charge in [-0.2, -0.15) is 0 Å². The van der Waals surface area contributed by atoms with Crippen molar-refractivity contribution in [1.82, 2.24) is 4.90 Å². The van der Waals surface area contributed by atoms with Crippen molar-refractivity contribution in [3.8, 4) is 0 Å². The van der Waals surface area contributed by atoms with Crippen molar-refractivity contribution >= 4 is 17.7 Å². The van der Waals surface area contributed by atoms with Crippen LogP contribution in [0, 0.1) is 5.92 Å². The minimum Gasteiger partial charge on any atom is -0.369 e. The number of nitrogens with two attached hydrogens (primary N) is 1. The number of thioether (sulfide) groups is 1. The summed E-state index contributed by atoms with van der Waals surface area (Å²) in [7, 11) is 0. The van der Waals surface area contributed by atoms with Gasteiger partial charge < -0.3 is 10.6 Å². The van der Waals surface area contributed by atoms with Crippen molar-refractivity contribution in [2.45, 2.75) is 29.4 Å². The summed E-state index contributed by atoms with van der Waals surface area (Å²) in [6.45, 7) is 3.03. The van der Waals surface area contributed by atoms with Crippen LogP contribution >= 0.6 is 11.8 Å². The van der Waals surface area contributed by atoms with Gasteiger partial charge in [-0.25, -0.2) is 0 Å². The Bertz CT molecular complexity index is 452. The molecule has 102 valence electrons. The van der Waals surface area contributed by atoms with Gasteiger partial charge in [0.25, 0.3) is 0 Å². The second-order valence-electron chi connectivity index (χ2n) is 5.55. The van der Waals surface area contributed by atoms with Crippen molar-refractivity contribution in [3.05, 3.63) is 29.8 Å². The molecule has 1 fully saturated rings. The topological polar surface area (TPSA) is 46.3 Å². The lowest BCUT2D eigenvalue weighted by Crippen LogP contribution is -2.43. The van der Waals surface area contributed by atoms with Gasteiger partial charge in [-0.1, -0.05) is 18.2 Å². The van der Waals surface area contributed by atoms with Crippen molar-refractivity contribution in [3.63, 3.8) is 0 Å². The lowest BCUT2D eigenvalue weighted by Gasteiger charge is -2.32. The molecule has 1 saturated heterocycles. The molecule has 4 heteroatoms. The van der Waals surface area contributed by atoms with Crippen LogP contribution in [0.3, 0.4) is 0 Å². The second kappa shape index (κ2) is 5.55. The number of amides is 1. The molecule has 1 aromatic carbocycles. The minimum absolute atomic E-state index is 0.0579. The summed E-state index contributed by atoms with van der Waals surface area (Å²) in [5.74, 6) is -0.0745. The zero-order chi connectivity index (χ0) is 13.2. The molecule has 0 radical (unpaired) electrons. The van der Waals surface area contributed by atoms with Crippen LogP contribution in [0.4, 0.5) is 0 Å². The van der Waals surface area contributed by atoms with E-state index in [1.165, 1.54) is 10.5 Å². The molecular formula is C15H20N2OS. The van der Waals surface area contributed by atoms with E-state index >= 15 is 0 Å². The Hall–Kier alpha value is -1.00. The molecule has 1 aromatic rings. The largest absolute Gasteiger partial charge is 0.369 e. The van der Waals surface area contributed by atoms with Crippen molar-refractivity contribution in [2.75, 3.05) is 19.6 Å². The Kier molecular flexibility index (Phi) is 3.80. The molecule has 2 aliphatic rings. The SMILES string of the molecule is NC(=O)C1CCCN(CC2Cc3ccccc3S2)C1. The zero-order valence-corrected chi connectivity index (χ0v) is 11.9. The smallest absolute Gasteiger partial charge is 0.221 e. The van der Waals surface area contributed by atoms with Gasteiger partial charge in [-0.05, 0) is 37.4 Å². The molecule has 2 heterocycles. The number of primary amides is 1. The second-order valence-corrected chi connectivity index (χ2v) is 6.89. The van der Waals surface area contributed by atoms with Gasteiger partial charge in [0.2, 0.25) is 5.91 Å². The van der Waals surface area contributed by atoms with Gasteiger partial charge in [-0.3, -0.25) is 4.79 Å². The van der Waals surface area contributed by atoms with Crippen molar-refractivity contribution < 1.29 is 4.79 Å². The molecule has 3 rings (SSSR count). The highest BCUT2D eigenvalue weighted by atomic mass is 32.2. The monoisotopic (exact) mass is 276 g/mol. The van der Waals surface area contributed by atoms with E-state index < -0.39 is 0 Å². The summed E-state index contributed by atoms with van der Waals surface area (Å²) in [6, 6.07) is 8.66. The molecule has 0 bridgehead atoms. The molecule has 0 spiro atoms. The molecule has 0 saturated carbocycles. The fraction of sp³-hybridized carbons (Fsp3) is 0.533. The van der Waals surface area contributed by atoms with E-state index in [9.17, 15) is 4.79 Å². The Morgan fingerprint density at radius 3 is 3.05 bits per heavy atom. The van der Waals surface area contributed by atoms with Crippen molar-refractivity contribution in [1.29, 1.82) is 0 Å². The van der Waals surface area contributed by atoms with Crippen molar-refractivity contribution in [2.24, 2.45) is 11.7 Å². The van der Waals surface area contributed by atoms with E-state index in [2.05, 4.69) is 29.2 Å². The molecular weight excluding hydrogens is 256 g/mol. The minimum atomic E-state index is -0.132. The highest BCUT2D eigenvalue weighted by molar-refractivity contribution is 8.00. The van der Waals surface area contributed by atoms with Crippen LogP contribution in [0.2, 0.25) is 0 Å². The van der Waals surface area contributed by atoms with E-state index in [4.69, 9.17) is 5.73 Å². The van der Waals surface area contributed by atoms with Crippen LogP contribution < -0.4 is 5.73 Å². The van der Waals surface area contributed by atoms with E-state index in [0.29, 0.717) is 5.25 Å². The Morgan fingerprint density at radius 2 is 2.26 bits per heavy atom. The van der Waals surface area contributed by atoms with Gasteiger partial charge >= 0.3 is 0 Å². The first-order valence-electron chi connectivity index (χ1n) is 6.98. The summed E-state index contributed by atoms with van der Waals surface area (Å²) in [5, 5.41) is 0.629. The standard InChI is InChI=1S/C15H20N2OS/c16-15(18)12-5-3-7-17(9-12)10-13-8-11-4-1-2-6-14(11)19-13/h1-2,4,6,12-13H,3,5,7-10H2,(H2,16,18). The Labute approximate surface area is 118 Å². The van der Waals surface area contributed by atoms with E-state index in [-0.39, 0.29) is 11.8 Å². The van der Waals surface area contributed by atoms with Crippen LogP contribution in [0.15, 0.2) is 29.2 Å². The molecule has 0 aliphatic carbocycles. The van der Waals surface area contributed by atoms with E-state index in [1.807, 2.05) is 11.8 Å². The predicted octanol–water partition coefficient (Wildman–Crippen LogP) is 1.90. The summed E-state index contributed by atoms with van der Waals surface area (Å²) in [4.78, 5) is 15.2. The number of fused-ring (bicyclic) bond motifs is 1. The number of carbonyl (C=O) groups is 1. The zero-order valence-electron chi connectivity index (χ0n) is 11.0. The van der Waals surface area contributed by atoms with Gasteiger partial charge in [0, 0.05) is 23.2 Å². The summed E-state index contributed by atoms with van der Waals surface area (Å²) < 4.78 is 0. The first kappa shape index (κ1) is 13.0. The number of nitrogens with zero attached hydrogens (tertiary/aromatic N) is 1. The number of hydrogen-bond donors (Lipinski definition) is 1. The molecule has 2 N–H and O–H groups in total. The fourth-order valence-corrected chi connectivity index (χ4v) is 4.46. The van der Waals surface area contributed by atoms with Gasteiger partial charge in [0.1, 0.15) is 0 Å². The molecule has 2 unspecified atom stereocenters. The summed E-state index contributed by atoms with van der Waals surface area (Å²) in [6.07, 6.45) is 3.21. The number of rotatable bonds is 3. The third kappa shape index (κ3) is 2.95. The Morgan fingerprint density at radius 1 is 1.42 bits per heavy atom. The number of hydrogen-bond acceptors (Lipinski definition) is 3. The van der Waals surface area contributed by atoms with Crippen LogP contribution in [-0.4, -0.2) is 35.7 Å². The molecule has 2 atom stereocenters. The normalized spacial score (nSPS) is 27.2. The molecule has 0 aromatic heterocycles. The number of piperidine rings is 1. The number of carbonyl (C=O) groups excluding carboxylic acids is 1. The quantitative estimate of drug-likeness (QED) is 0.917. The Balaban J connectivity index is 1.57. The van der Waals surface area contributed by atoms with E-state index in [1.54, 1.807) is 0 Å². The van der Waals surface area contributed by atoms with E-state index in [0.717, 1.165) is 38.9 Å². The third-order valence-electron chi connectivity index (χ3n) is 4.08. The van der Waals surface area contributed by atoms with Crippen LogP contribution in [-0.2, 0) is 11.2 Å². The van der Waals surface area contributed by atoms with Crippen LogP contribution in [0.5, 0.6) is 0 Å². The van der Waals surface area contributed by atoms with Crippen LogP contribution in [0.1, 0.15) is 18.4 Å². The summed E-state index contributed by atoms with van der Waals surface area (Å²) >= 11 is 1.98. The highest BCUT2D eigenvalue weighted by Crippen LogP contribution is 2.37. The molecule has 1 amide bonds. The number of likely N-dealkylation sites (tertiary alicyclic amines) is 1. The van der Waals surface area contributed by atoms with Gasteiger partial charge in [-0.15, -0.1) is 11.8 Å². The molecule has 19 heavy (non-hydrogen) atoms. The number of benzene rings is 1. The highest BCUT2D eigenvalue weighted by Gasteiger charge is 2.28. The maximum Gasteiger partial charge on any atom is 0.221 e. The molecule has 3 nitrogen and oxygen atoms in total. The fourth-order valence-electron chi connectivity index (χ4n) is 3.10. The average molecular weight is 276 g/mol.